The van der Waals surface area contributed by atoms with Gasteiger partial charge in [0.2, 0.25) is 5.91 Å². The van der Waals surface area contributed by atoms with Crippen LogP contribution >= 0.6 is 23.1 Å². The summed E-state index contributed by atoms with van der Waals surface area (Å²) in [6.45, 7) is 4.14. The molecular formula is C19H19N5O3S2. The first kappa shape index (κ1) is 19.5. The Morgan fingerprint density at radius 1 is 1.21 bits per heavy atom. The molecule has 0 fully saturated rings. The van der Waals surface area contributed by atoms with E-state index < -0.39 is 0 Å². The fourth-order valence-electron chi connectivity index (χ4n) is 2.96. The second-order valence-corrected chi connectivity index (χ2v) is 8.44. The fourth-order valence-corrected chi connectivity index (χ4v) is 4.66. The van der Waals surface area contributed by atoms with E-state index in [0.29, 0.717) is 22.3 Å². The highest BCUT2D eigenvalue weighted by Crippen LogP contribution is 2.32. The van der Waals surface area contributed by atoms with Gasteiger partial charge in [0.05, 0.1) is 25.4 Å². The van der Waals surface area contributed by atoms with E-state index in [0.717, 1.165) is 15.9 Å². The quantitative estimate of drug-likeness (QED) is 0.467. The van der Waals surface area contributed by atoms with E-state index in [1.54, 1.807) is 50.1 Å². The van der Waals surface area contributed by atoms with Gasteiger partial charge in [0.25, 0.3) is 0 Å². The van der Waals surface area contributed by atoms with Gasteiger partial charge in [-0.25, -0.2) is 4.98 Å². The molecule has 0 aliphatic heterocycles. The summed E-state index contributed by atoms with van der Waals surface area (Å²) in [6.07, 6.45) is 1.71. The van der Waals surface area contributed by atoms with Crippen molar-refractivity contribution in [1.29, 1.82) is 0 Å². The Labute approximate surface area is 175 Å². The van der Waals surface area contributed by atoms with Crippen LogP contribution in [0.3, 0.4) is 0 Å². The molecule has 10 heteroatoms. The molecule has 150 valence electrons. The van der Waals surface area contributed by atoms with Gasteiger partial charge in [-0.1, -0.05) is 11.8 Å². The van der Waals surface area contributed by atoms with Crippen molar-refractivity contribution in [2.75, 3.05) is 25.3 Å². The second kappa shape index (κ2) is 7.88. The molecule has 1 aromatic carbocycles. The van der Waals surface area contributed by atoms with Gasteiger partial charge in [-0.3, -0.25) is 9.20 Å². The lowest BCUT2D eigenvalue weighted by Crippen LogP contribution is -2.14. The van der Waals surface area contributed by atoms with Gasteiger partial charge >= 0.3 is 0 Å². The Hall–Kier alpha value is -2.85. The summed E-state index contributed by atoms with van der Waals surface area (Å²) in [4.78, 5) is 19.1. The van der Waals surface area contributed by atoms with Crippen LogP contribution in [0.4, 0.5) is 5.69 Å². The molecule has 0 spiro atoms. The monoisotopic (exact) mass is 429 g/mol. The number of methoxy groups -OCH3 is 2. The molecule has 0 unspecified atom stereocenters. The number of amides is 1. The van der Waals surface area contributed by atoms with Crippen molar-refractivity contribution in [2.24, 2.45) is 0 Å². The summed E-state index contributed by atoms with van der Waals surface area (Å²) in [6, 6.07) is 5.23. The van der Waals surface area contributed by atoms with Crippen molar-refractivity contribution in [3.63, 3.8) is 0 Å². The molecule has 3 heterocycles. The summed E-state index contributed by atoms with van der Waals surface area (Å²) >= 11 is 2.95. The Bertz CT molecular complexity index is 1220. The number of hydrogen-bond donors (Lipinski definition) is 1. The number of nitrogens with zero attached hydrogens (tertiary/aromatic N) is 4. The Balaban J connectivity index is 1.50. The molecule has 0 aliphatic rings. The normalized spacial score (nSPS) is 11.2. The van der Waals surface area contributed by atoms with Gasteiger partial charge in [-0.15, -0.1) is 21.5 Å². The average molecular weight is 430 g/mol. The summed E-state index contributed by atoms with van der Waals surface area (Å²) < 4.78 is 12.3. The average Bonchev–Trinajstić information content (AvgIpc) is 3.26. The van der Waals surface area contributed by atoms with Gasteiger partial charge < -0.3 is 14.8 Å². The number of benzene rings is 1. The SMILES string of the molecule is COc1ccc(NC(=O)CSc2nnc3c4c(C)c(C)sc4ncn23)cc1OC. The molecule has 4 rings (SSSR count). The maximum absolute atomic E-state index is 12.4. The zero-order chi connectivity index (χ0) is 20.5. The smallest absolute Gasteiger partial charge is 0.234 e. The van der Waals surface area contributed by atoms with Crippen molar-refractivity contribution in [3.05, 3.63) is 35.0 Å². The van der Waals surface area contributed by atoms with Crippen molar-refractivity contribution in [2.45, 2.75) is 19.0 Å². The van der Waals surface area contributed by atoms with Crippen molar-refractivity contribution in [1.82, 2.24) is 19.6 Å². The first-order valence-corrected chi connectivity index (χ1v) is 10.6. The molecular weight excluding hydrogens is 410 g/mol. The van der Waals surface area contributed by atoms with Crippen molar-refractivity contribution in [3.8, 4) is 11.5 Å². The Morgan fingerprint density at radius 3 is 2.76 bits per heavy atom. The number of hydrogen-bond acceptors (Lipinski definition) is 8. The number of fused-ring (bicyclic) bond motifs is 3. The predicted molar refractivity (Wildman–Crippen MR) is 115 cm³/mol. The van der Waals surface area contributed by atoms with Crippen molar-refractivity contribution < 1.29 is 14.3 Å². The molecule has 0 saturated heterocycles. The van der Waals surface area contributed by atoms with E-state index >= 15 is 0 Å². The molecule has 4 aromatic rings. The van der Waals surface area contributed by atoms with Crippen LogP contribution in [0.1, 0.15) is 10.4 Å². The number of thiophene rings is 1. The van der Waals surface area contributed by atoms with Crippen LogP contribution in [0, 0.1) is 13.8 Å². The number of anilines is 1. The topological polar surface area (TPSA) is 90.6 Å². The first-order chi connectivity index (χ1) is 14.0. The number of thioether (sulfide) groups is 1. The van der Waals surface area contributed by atoms with Crippen LogP contribution in [-0.4, -0.2) is 45.5 Å². The highest BCUT2D eigenvalue weighted by atomic mass is 32.2. The molecule has 3 aromatic heterocycles. The zero-order valence-corrected chi connectivity index (χ0v) is 18.0. The van der Waals surface area contributed by atoms with Gasteiger partial charge in [-0.05, 0) is 31.5 Å². The maximum Gasteiger partial charge on any atom is 0.234 e. The number of nitrogens with one attached hydrogen (secondary N) is 1. The molecule has 0 radical (unpaired) electrons. The minimum absolute atomic E-state index is 0.157. The molecule has 0 bridgehead atoms. The highest BCUT2D eigenvalue weighted by molar-refractivity contribution is 7.99. The minimum Gasteiger partial charge on any atom is -0.493 e. The molecule has 1 N–H and O–H groups in total. The fraction of sp³-hybridized carbons (Fsp3) is 0.263. The van der Waals surface area contributed by atoms with Gasteiger partial charge in [0.15, 0.2) is 22.3 Å². The molecule has 0 aliphatic carbocycles. The summed E-state index contributed by atoms with van der Waals surface area (Å²) in [5.74, 6) is 1.19. The zero-order valence-electron chi connectivity index (χ0n) is 16.3. The standard InChI is InChI=1S/C19H19N5O3S2/c1-10-11(2)29-18-16(10)17-22-23-19(24(17)9-20-18)28-8-15(25)21-12-5-6-13(26-3)14(7-12)27-4/h5-7,9H,8H2,1-4H3,(H,21,25). The van der Waals surface area contributed by atoms with E-state index in [4.69, 9.17) is 9.47 Å². The summed E-state index contributed by atoms with van der Waals surface area (Å²) in [7, 11) is 3.12. The van der Waals surface area contributed by atoms with Crippen LogP contribution < -0.4 is 14.8 Å². The predicted octanol–water partition coefficient (Wildman–Crippen LogP) is 3.70. The van der Waals surface area contributed by atoms with Crippen LogP contribution in [0.25, 0.3) is 15.9 Å². The molecule has 0 saturated carbocycles. The molecule has 8 nitrogen and oxygen atoms in total. The van der Waals surface area contributed by atoms with E-state index in [9.17, 15) is 4.79 Å². The van der Waals surface area contributed by atoms with E-state index in [2.05, 4.69) is 34.3 Å². The second-order valence-electron chi connectivity index (χ2n) is 6.29. The van der Waals surface area contributed by atoms with Gasteiger partial charge in [0.1, 0.15) is 11.2 Å². The number of ether oxygens (including phenoxy) is 2. The van der Waals surface area contributed by atoms with E-state index in [1.165, 1.54) is 22.2 Å². The molecule has 29 heavy (non-hydrogen) atoms. The lowest BCUT2D eigenvalue weighted by Gasteiger charge is -2.10. The number of aryl methyl sites for hydroxylation is 2. The van der Waals surface area contributed by atoms with Crippen LogP contribution in [0.15, 0.2) is 29.7 Å². The van der Waals surface area contributed by atoms with Crippen LogP contribution in [-0.2, 0) is 4.79 Å². The minimum atomic E-state index is -0.157. The van der Waals surface area contributed by atoms with Gasteiger partial charge in [0, 0.05) is 16.6 Å². The van der Waals surface area contributed by atoms with Crippen molar-refractivity contribution >= 4 is 50.6 Å². The highest BCUT2D eigenvalue weighted by Gasteiger charge is 2.16. The maximum atomic E-state index is 12.4. The third kappa shape index (κ3) is 3.60. The Morgan fingerprint density at radius 2 is 2.00 bits per heavy atom. The van der Waals surface area contributed by atoms with Gasteiger partial charge in [-0.2, -0.15) is 0 Å². The van der Waals surface area contributed by atoms with E-state index in [-0.39, 0.29) is 11.7 Å². The third-order valence-electron chi connectivity index (χ3n) is 4.54. The summed E-state index contributed by atoms with van der Waals surface area (Å²) in [5, 5.41) is 13.1. The number of aromatic nitrogens is 4. The first-order valence-electron chi connectivity index (χ1n) is 8.76. The Kier molecular flexibility index (Phi) is 5.29. The number of rotatable bonds is 6. The lowest BCUT2D eigenvalue weighted by atomic mass is 10.2. The molecule has 0 atom stereocenters. The van der Waals surface area contributed by atoms with Crippen LogP contribution in [0.2, 0.25) is 0 Å². The molecule has 1 amide bonds. The summed E-state index contributed by atoms with van der Waals surface area (Å²) in [5.41, 5.74) is 2.56. The van der Waals surface area contributed by atoms with Crippen LogP contribution in [0.5, 0.6) is 11.5 Å². The number of carbonyl (C=O) groups is 1. The third-order valence-corrected chi connectivity index (χ3v) is 6.60. The lowest BCUT2D eigenvalue weighted by molar-refractivity contribution is -0.113. The number of carbonyl (C=O) groups excluding carboxylic acids is 1. The largest absolute Gasteiger partial charge is 0.493 e. The van der Waals surface area contributed by atoms with E-state index in [1.807, 2.05) is 4.40 Å².